The molecule has 0 saturated heterocycles. The van der Waals surface area contributed by atoms with Crippen molar-refractivity contribution in [2.45, 2.75) is 31.9 Å². The number of aromatic nitrogens is 2. The van der Waals surface area contributed by atoms with Gasteiger partial charge in [0.25, 0.3) is 10.2 Å². The molecule has 36 heavy (non-hydrogen) atoms. The van der Waals surface area contributed by atoms with Gasteiger partial charge in [-0.3, -0.25) is 0 Å². The SMILES string of the molecule is NS(=O)(=O)NCCCC[C@H](NC(=O)OCc1ccccc1)c1nc2ccc(-c3ccccc3)cc2[nH]1. The van der Waals surface area contributed by atoms with Gasteiger partial charge in [0.1, 0.15) is 12.4 Å². The van der Waals surface area contributed by atoms with Gasteiger partial charge in [-0.25, -0.2) is 19.6 Å². The normalized spacial score (nSPS) is 12.4. The Morgan fingerprint density at radius 3 is 2.42 bits per heavy atom. The van der Waals surface area contributed by atoms with Crippen molar-refractivity contribution in [1.82, 2.24) is 20.0 Å². The van der Waals surface area contributed by atoms with Gasteiger partial charge < -0.3 is 15.0 Å². The maximum atomic E-state index is 12.6. The number of hydrogen-bond acceptors (Lipinski definition) is 5. The second-order valence-electron chi connectivity index (χ2n) is 8.41. The number of nitrogens with zero attached hydrogens (tertiary/aromatic N) is 1. The topological polar surface area (TPSA) is 139 Å². The number of carbonyl (C=O) groups excluding carboxylic acids is 1. The first-order chi connectivity index (χ1) is 17.4. The van der Waals surface area contributed by atoms with Crippen LogP contribution in [0.15, 0.2) is 78.9 Å². The molecule has 188 valence electrons. The Labute approximate surface area is 210 Å². The lowest BCUT2D eigenvalue weighted by Crippen LogP contribution is -2.32. The molecule has 9 nitrogen and oxygen atoms in total. The van der Waals surface area contributed by atoms with E-state index in [0.29, 0.717) is 25.1 Å². The number of alkyl carbamates (subject to hydrolysis) is 1. The number of nitrogens with one attached hydrogen (secondary N) is 3. The third-order valence-electron chi connectivity index (χ3n) is 5.67. The zero-order valence-corrected chi connectivity index (χ0v) is 20.5. The maximum Gasteiger partial charge on any atom is 0.408 e. The Hall–Kier alpha value is -3.73. The molecule has 4 aromatic rings. The highest BCUT2D eigenvalue weighted by molar-refractivity contribution is 7.87. The second kappa shape index (κ2) is 11.8. The van der Waals surface area contributed by atoms with Crippen molar-refractivity contribution in [2.24, 2.45) is 5.14 Å². The van der Waals surface area contributed by atoms with Crippen molar-refractivity contribution >= 4 is 27.3 Å². The van der Waals surface area contributed by atoms with Crippen molar-refractivity contribution in [1.29, 1.82) is 0 Å². The van der Waals surface area contributed by atoms with Crippen LogP contribution in [0, 0.1) is 0 Å². The van der Waals surface area contributed by atoms with Gasteiger partial charge in [0, 0.05) is 6.54 Å². The minimum atomic E-state index is -3.73. The number of carbonyl (C=O) groups is 1. The highest BCUT2D eigenvalue weighted by Gasteiger charge is 2.19. The second-order valence-corrected chi connectivity index (χ2v) is 9.79. The number of imidazole rings is 1. The van der Waals surface area contributed by atoms with Gasteiger partial charge in [0.05, 0.1) is 17.1 Å². The molecule has 1 amide bonds. The van der Waals surface area contributed by atoms with Crippen LogP contribution in [0.5, 0.6) is 0 Å². The van der Waals surface area contributed by atoms with Crippen LogP contribution in [0.2, 0.25) is 0 Å². The molecule has 0 unspecified atom stereocenters. The van der Waals surface area contributed by atoms with Gasteiger partial charge in [0.15, 0.2) is 0 Å². The molecule has 1 atom stereocenters. The van der Waals surface area contributed by atoms with Gasteiger partial charge in [-0.15, -0.1) is 0 Å². The van der Waals surface area contributed by atoms with Crippen molar-refractivity contribution < 1.29 is 17.9 Å². The standard InChI is InChI=1S/C26H29N5O4S/c27-36(33,34)28-16-8-7-13-23(31-26(32)35-18-19-9-3-1-4-10-19)25-29-22-15-14-21(17-24(22)30-25)20-11-5-2-6-12-20/h1-6,9-12,14-15,17,23,28H,7-8,13,16,18H2,(H,29,30)(H,31,32)(H2,27,33,34)/t23-/m0/s1. The van der Waals surface area contributed by atoms with Crippen molar-refractivity contribution in [2.75, 3.05) is 6.54 Å². The first-order valence-electron chi connectivity index (χ1n) is 11.7. The summed E-state index contributed by atoms with van der Waals surface area (Å²) in [5.74, 6) is 0.603. The van der Waals surface area contributed by atoms with Crippen LogP contribution >= 0.6 is 0 Å². The number of unbranched alkanes of at least 4 members (excludes halogenated alkanes) is 1. The Morgan fingerprint density at radius 2 is 1.69 bits per heavy atom. The Balaban J connectivity index is 1.47. The smallest absolute Gasteiger partial charge is 0.408 e. The van der Waals surface area contributed by atoms with Crippen LogP contribution < -0.4 is 15.2 Å². The van der Waals surface area contributed by atoms with Gasteiger partial charge in [-0.2, -0.15) is 8.42 Å². The average molecular weight is 508 g/mol. The fourth-order valence-corrected chi connectivity index (χ4v) is 4.31. The zero-order valence-electron chi connectivity index (χ0n) is 19.7. The molecule has 1 aromatic heterocycles. The lowest BCUT2D eigenvalue weighted by molar-refractivity contribution is 0.134. The van der Waals surface area contributed by atoms with E-state index < -0.39 is 22.3 Å². The van der Waals surface area contributed by atoms with Crippen LogP contribution in [-0.2, 0) is 21.6 Å². The molecule has 0 spiro atoms. The van der Waals surface area contributed by atoms with E-state index in [1.165, 1.54) is 0 Å². The molecule has 1 heterocycles. The summed E-state index contributed by atoms with van der Waals surface area (Å²) in [4.78, 5) is 20.6. The highest BCUT2D eigenvalue weighted by atomic mass is 32.2. The van der Waals surface area contributed by atoms with Gasteiger partial charge >= 0.3 is 6.09 Å². The van der Waals surface area contributed by atoms with Gasteiger partial charge in [-0.05, 0) is 48.1 Å². The Morgan fingerprint density at radius 1 is 0.972 bits per heavy atom. The molecule has 4 rings (SSSR count). The third-order valence-corrected chi connectivity index (χ3v) is 6.27. The summed E-state index contributed by atoms with van der Waals surface area (Å²) < 4.78 is 29.9. The molecule has 0 aliphatic carbocycles. The van der Waals surface area contributed by atoms with E-state index in [1.807, 2.05) is 78.9 Å². The predicted molar refractivity (Wildman–Crippen MR) is 139 cm³/mol. The number of benzene rings is 3. The minimum absolute atomic E-state index is 0.151. The summed E-state index contributed by atoms with van der Waals surface area (Å²) in [7, 11) is -3.73. The van der Waals surface area contributed by atoms with Gasteiger partial charge in [0.2, 0.25) is 0 Å². The quantitative estimate of drug-likeness (QED) is 0.226. The van der Waals surface area contributed by atoms with Crippen molar-refractivity contribution in [3.63, 3.8) is 0 Å². The van der Waals surface area contributed by atoms with E-state index in [4.69, 9.17) is 14.9 Å². The van der Waals surface area contributed by atoms with E-state index in [1.54, 1.807) is 0 Å². The fraction of sp³-hybridized carbons (Fsp3) is 0.231. The van der Waals surface area contributed by atoms with E-state index in [9.17, 15) is 13.2 Å². The lowest BCUT2D eigenvalue weighted by atomic mass is 10.1. The van der Waals surface area contributed by atoms with Crippen molar-refractivity contribution in [3.05, 3.63) is 90.3 Å². The molecule has 10 heteroatoms. The van der Waals surface area contributed by atoms with Crippen LogP contribution in [0.4, 0.5) is 4.79 Å². The molecule has 0 aliphatic heterocycles. The Kier molecular flexibility index (Phi) is 8.32. The number of amides is 1. The van der Waals surface area contributed by atoms with Crippen LogP contribution in [0.25, 0.3) is 22.2 Å². The zero-order chi connectivity index (χ0) is 25.4. The molecule has 0 radical (unpaired) electrons. The van der Waals surface area contributed by atoms with E-state index >= 15 is 0 Å². The molecular formula is C26H29N5O4S. The summed E-state index contributed by atoms with van der Waals surface area (Å²) in [5.41, 5.74) is 4.67. The summed E-state index contributed by atoms with van der Waals surface area (Å²) in [6, 6.07) is 25.0. The lowest BCUT2D eigenvalue weighted by Gasteiger charge is -2.17. The summed E-state index contributed by atoms with van der Waals surface area (Å²) in [6.07, 6.45) is 1.14. The van der Waals surface area contributed by atoms with Crippen LogP contribution in [-0.4, -0.2) is 31.0 Å². The van der Waals surface area contributed by atoms with Crippen LogP contribution in [0.3, 0.4) is 0 Å². The largest absolute Gasteiger partial charge is 0.445 e. The van der Waals surface area contributed by atoms with Gasteiger partial charge in [-0.1, -0.05) is 66.7 Å². The highest BCUT2D eigenvalue weighted by Crippen LogP contribution is 2.26. The molecule has 5 N–H and O–H groups in total. The molecule has 0 fully saturated rings. The summed E-state index contributed by atoms with van der Waals surface area (Å²) >= 11 is 0. The molecular weight excluding hydrogens is 478 g/mol. The number of ether oxygens (including phenoxy) is 1. The maximum absolute atomic E-state index is 12.6. The summed E-state index contributed by atoms with van der Waals surface area (Å²) in [5, 5.41) is 7.89. The first kappa shape index (κ1) is 25.4. The fourth-order valence-electron chi connectivity index (χ4n) is 3.88. The van der Waals surface area contributed by atoms with Crippen LogP contribution in [0.1, 0.15) is 36.7 Å². The molecule has 0 aliphatic rings. The third kappa shape index (κ3) is 7.38. The monoisotopic (exact) mass is 507 g/mol. The number of rotatable bonds is 11. The predicted octanol–water partition coefficient (Wildman–Crippen LogP) is 4.16. The minimum Gasteiger partial charge on any atom is -0.445 e. The number of aromatic amines is 1. The van der Waals surface area contributed by atoms with E-state index in [-0.39, 0.29) is 13.2 Å². The molecule has 0 bridgehead atoms. The number of nitrogens with two attached hydrogens (primary N) is 1. The Bertz CT molecular complexity index is 1390. The number of H-pyrrole nitrogens is 1. The molecule has 0 saturated carbocycles. The number of fused-ring (bicyclic) bond motifs is 1. The van der Waals surface area contributed by atoms with E-state index in [2.05, 4.69) is 15.0 Å². The van der Waals surface area contributed by atoms with Crippen molar-refractivity contribution in [3.8, 4) is 11.1 Å². The number of hydrogen-bond donors (Lipinski definition) is 4. The summed E-state index contributed by atoms with van der Waals surface area (Å²) in [6.45, 7) is 0.364. The van der Waals surface area contributed by atoms with E-state index in [0.717, 1.165) is 27.7 Å². The average Bonchev–Trinajstić information content (AvgIpc) is 3.30. The molecule has 3 aromatic carbocycles. The first-order valence-corrected chi connectivity index (χ1v) is 13.2.